The number of nitrogens with one attached hydrogen (secondary N) is 1. The molecule has 3 aliphatic heterocycles. The van der Waals surface area contributed by atoms with E-state index in [9.17, 15) is 11.0 Å². The molecule has 1 saturated heterocycles. The zero-order valence-electron chi connectivity index (χ0n) is 20.4. The Balaban J connectivity index is 1.72. The number of carbonyl (C=O) groups excluding carboxylic acids is 2. The molecular formula is C22H19N3O4. The fourth-order valence-electron chi connectivity index (χ4n) is 4.12. The van der Waals surface area contributed by atoms with Crippen LogP contribution in [0.15, 0.2) is 42.5 Å². The molecule has 6 rings (SSSR count). The largest absolute Gasteiger partial charge is 0.454 e. The second kappa shape index (κ2) is 5.76. The fourth-order valence-corrected chi connectivity index (χ4v) is 4.12. The molecule has 2 amide bonds. The van der Waals surface area contributed by atoms with Gasteiger partial charge in [-0.1, -0.05) is 24.3 Å². The van der Waals surface area contributed by atoms with Crippen molar-refractivity contribution in [1.29, 1.82) is 0 Å². The number of aromatic nitrogens is 1. The Labute approximate surface area is 173 Å². The minimum Gasteiger partial charge on any atom is -0.454 e. The highest BCUT2D eigenvalue weighted by atomic mass is 16.7. The molecule has 3 aromatic rings. The minimum absolute atomic E-state index is 0.0144. The van der Waals surface area contributed by atoms with E-state index < -0.39 is 36.7 Å². The third kappa shape index (κ3) is 2.24. The van der Waals surface area contributed by atoms with Crippen LogP contribution in [0.25, 0.3) is 10.9 Å². The normalized spacial score (nSPS) is 31.3. The van der Waals surface area contributed by atoms with Crippen LogP contribution >= 0.6 is 0 Å². The Hall–Kier alpha value is -3.48. The van der Waals surface area contributed by atoms with Crippen LogP contribution in [0.1, 0.15) is 29.7 Å². The van der Waals surface area contributed by atoms with Crippen molar-refractivity contribution in [2.24, 2.45) is 0 Å². The van der Waals surface area contributed by atoms with Crippen molar-refractivity contribution in [3.8, 4) is 11.5 Å². The molecule has 146 valence electrons. The predicted molar refractivity (Wildman–Crippen MR) is 105 cm³/mol. The zero-order valence-corrected chi connectivity index (χ0v) is 15.4. The van der Waals surface area contributed by atoms with Gasteiger partial charge in [-0.3, -0.25) is 9.59 Å². The molecule has 29 heavy (non-hydrogen) atoms. The number of para-hydroxylation sites is 1. The molecule has 7 nitrogen and oxygen atoms in total. The smallest absolute Gasteiger partial charge is 0.245 e. The topological polar surface area (TPSA) is 74.9 Å². The van der Waals surface area contributed by atoms with Crippen molar-refractivity contribution in [2.75, 3.05) is 20.3 Å². The molecule has 1 N–H and O–H groups in total. The summed E-state index contributed by atoms with van der Waals surface area (Å²) in [4.78, 5) is 31.5. The first-order valence-electron chi connectivity index (χ1n) is 11.6. The van der Waals surface area contributed by atoms with E-state index in [1.54, 1.807) is 42.5 Å². The second-order valence-corrected chi connectivity index (χ2v) is 7.10. The summed E-state index contributed by atoms with van der Waals surface area (Å²) < 4.78 is 54.6. The van der Waals surface area contributed by atoms with Gasteiger partial charge < -0.3 is 24.3 Å². The lowest BCUT2D eigenvalue weighted by molar-refractivity contribution is -0.157. The number of benzene rings is 2. The van der Waals surface area contributed by atoms with Crippen molar-refractivity contribution in [1.82, 2.24) is 14.8 Å². The van der Waals surface area contributed by atoms with Crippen LogP contribution in [0.5, 0.6) is 11.5 Å². The molecule has 1 fully saturated rings. The molecule has 7 heteroatoms. The number of aromatic amines is 1. The fraction of sp³-hybridized carbons (Fsp3) is 0.273. The highest BCUT2D eigenvalue weighted by Crippen LogP contribution is 2.44. The van der Waals surface area contributed by atoms with Gasteiger partial charge in [-0.2, -0.15) is 0 Å². The van der Waals surface area contributed by atoms with Gasteiger partial charge >= 0.3 is 0 Å². The molecule has 1 unspecified atom stereocenters. The van der Waals surface area contributed by atoms with Gasteiger partial charge in [0.1, 0.15) is 6.02 Å². The Bertz CT molecular complexity index is 1410. The number of ether oxygens (including phenoxy) is 2. The standard InChI is InChI=1S/C22H19N3O4/c1-24-10-19(26)25-16(22(24)27)9-14-13-4-2-3-5-15(13)23-20(14)21(25)12-6-7-17-18(8-12)29-11-28-17/h2-8,16,21,23H,9-11H2,1H3/t16-,21?/m1/s1/i9D2,10D2,16D. The SMILES string of the molecule is [2H]C1([2H])C(=O)N2C(c3ccc4c(c3)OCO4)c3[nH]c4ccccc4c3C([2H])([2H])[C@]2([2H])C(=O)N1C. The number of piperazine rings is 1. The summed E-state index contributed by atoms with van der Waals surface area (Å²) in [5, 5.41) is 0.482. The maximum atomic E-state index is 13.6. The first-order valence-corrected chi connectivity index (χ1v) is 9.14. The van der Waals surface area contributed by atoms with Crippen LogP contribution in [0.2, 0.25) is 0 Å². The van der Waals surface area contributed by atoms with Gasteiger partial charge in [-0.15, -0.1) is 0 Å². The van der Waals surface area contributed by atoms with Crippen LogP contribution in [-0.4, -0.2) is 53.0 Å². The molecule has 4 heterocycles. The number of likely N-dealkylation sites (N-methyl/N-ethyl adjacent to an activating group) is 1. The van der Waals surface area contributed by atoms with Crippen molar-refractivity contribution < 1.29 is 25.9 Å². The molecular weight excluding hydrogens is 370 g/mol. The third-order valence-electron chi connectivity index (χ3n) is 5.45. The number of carbonyl (C=O) groups is 2. The van der Waals surface area contributed by atoms with E-state index >= 15 is 0 Å². The highest BCUT2D eigenvalue weighted by Gasteiger charge is 2.47. The second-order valence-electron chi connectivity index (χ2n) is 7.10. The van der Waals surface area contributed by atoms with Gasteiger partial charge in [0.05, 0.1) is 16.7 Å². The summed E-state index contributed by atoms with van der Waals surface area (Å²) in [5.41, 5.74) is 1.36. The van der Waals surface area contributed by atoms with Crippen molar-refractivity contribution >= 4 is 22.7 Å². The lowest BCUT2D eigenvalue weighted by Crippen LogP contribution is -2.62. The molecule has 0 saturated carbocycles. The van der Waals surface area contributed by atoms with Crippen LogP contribution in [0.3, 0.4) is 0 Å². The average molecular weight is 394 g/mol. The van der Waals surface area contributed by atoms with Crippen LogP contribution < -0.4 is 9.47 Å². The number of H-pyrrole nitrogens is 1. The van der Waals surface area contributed by atoms with Gasteiger partial charge in [0.2, 0.25) is 18.6 Å². The van der Waals surface area contributed by atoms with Crippen molar-refractivity contribution in [2.45, 2.75) is 18.4 Å². The monoisotopic (exact) mass is 394 g/mol. The van der Waals surface area contributed by atoms with Gasteiger partial charge in [0, 0.05) is 32.8 Å². The molecule has 0 radical (unpaired) electrons. The third-order valence-corrected chi connectivity index (χ3v) is 5.45. The lowest BCUT2D eigenvalue weighted by atomic mass is 9.86. The zero-order chi connectivity index (χ0) is 24.2. The Morgan fingerprint density at radius 3 is 2.90 bits per heavy atom. The van der Waals surface area contributed by atoms with E-state index in [2.05, 4.69) is 4.98 Å². The quantitative estimate of drug-likeness (QED) is 0.687. The van der Waals surface area contributed by atoms with Crippen LogP contribution in [-0.2, 0) is 16.0 Å². The number of hydrogen-bond acceptors (Lipinski definition) is 4. The van der Waals surface area contributed by atoms with E-state index in [1.807, 2.05) is 0 Å². The predicted octanol–water partition coefficient (Wildman–Crippen LogP) is 2.21. The summed E-state index contributed by atoms with van der Waals surface area (Å²) >= 11 is 0. The molecule has 0 bridgehead atoms. The van der Waals surface area contributed by atoms with Crippen molar-refractivity contribution in [3.63, 3.8) is 0 Å². The van der Waals surface area contributed by atoms with Crippen LogP contribution in [0.4, 0.5) is 0 Å². The molecule has 2 atom stereocenters. The van der Waals surface area contributed by atoms with Gasteiger partial charge in [0.25, 0.3) is 0 Å². The minimum atomic E-state index is -2.77. The summed E-state index contributed by atoms with van der Waals surface area (Å²) in [6, 6.07) is 7.89. The van der Waals surface area contributed by atoms with E-state index in [4.69, 9.17) is 15.0 Å². The molecule has 0 aliphatic carbocycles. The number of rotatable bonds is 1. The van der Waals surface area contributed by atoms with Gasteiger partial charge in [-0.25, -0.2) is 0 Å². The first-order chi connectivity index (χ1) is 16.0. The first kappa shape index (κ1) is 12.2. The molecule has 3 aliphatic rings. The molecule has 0 spiro atoms. The number of nitrogens with zero attached hydrogens (tertiary/aromatic N) is 2. The Morgan fingerprint density at radius 1 is 1.17 bits per heavy atom. The van der Waals surface area contributed by atoms with E-state index in [1.165, 1.54) is 0 Å². The van der Waals surface area contributed by atoms with E-state index in [-0.39, 0.29) is 18.1 Å². The number of hydrogen-bond donors (Lipinski definition) is 1. The summed E-state index contributed by atoms with van der Waals surface area (Å²) in [6.45, 7) is -2.75. The summed E-state index contributed by atoms with van der Waals surface area (Å²) in [6.07, 6.45) is -2.66. The molecule has 1 aromatic heterocycles. The maximum absolute atomic E-state index is 13.6. The van der Waals surface area contributed by atoms with E-state index in [0.29, 0.717) is 32.9 Å². The number of amides is 2. The summed E-state index contributed by atoms with van der Waals surface area (Å²) in [7, 11) is 1.07. The highest BCUT2D eigenvalue weighted by molar-refractivity contribution is 5.97. The van der Waals surface area contributed by atoms with Crippen LogP contribution in [0, 0.1) is 0 Å². The molecule has 2 aromatic carbocycles. The van der Waals surface area contributed by atoms with Crippen molar-refractivity contribution in [3.05, 3.63) is 59.3 Å². The summed E-state index contributed by atoms with van der Waals surface area (Å²) in [5.74, 6) is -1.44. The lowest BCUT2D eigenvalue weighted by Gasteiger charge is -2.46. The van der Waals surface area contributed by atoms with E-state index in [0.717, 1.165) is 11.9 Å². The Kier molecular flexibility index (Phi) is 2.42. The number of fused-ring (bicyclic) bond motifs is 5. The maximum Gasteiger partial charge on any atom is 0.245 e. The van der Waals surface area contributed by atoms with Gasteiger partial charge in [0.15, 0.2) is 11.5 Å². The Morgan fingerprint density at radius 2 is 2.00 bits per heavy atom. The average Bonchev–Trinajstić information content (AvgIpc) is 3.43. The van der Waals surface area contributed by atoms with Gasteiger partial charge in [-0.05, 0) is 29.3 Å².